The molecular formula is C25H27N5O3. The Morgan fingerprint density at radius 3 is 2.33 bits per heavy atom. The highest BCUT2D eigenvalue weighted by atomic mass is 16.6. The molecule has 1 aliphatic heterocycles. The second-order valence-electron chi connectivity index (χ2n) is 8.66. The molecule has 0 radical (unpaired) electrons. The Kier molecular flexibility index (Phi) is 5.81. The van der Waals surface area contributed by atoms with Gasteiger partial charge in [0.15, 0.2) is 5.69 Å². The predicted molar refractivity (Wildman–Crippen MR) is 123 cm³/mol. The van der Waals surface area contributed by atoms with E-state index in [0.29, 0.717) is 50.0 Å². The summed E-state index contributed by atoms with van der Waals surface area (Å²) in [5.41, 5.74) is 3.41. The van der Waals surface area contributed by atoms with Crippen molar-refractivity contribution in [3.63, 3.8) is 0 Å². The summed E-state index contributed by atoms with van der Waals surface area (Å²) in [4.78, 5) is 29.5. The van der Waals surface area contributed by atoms with Gasteiger partial charge in [-0.1, -0.05) is 41.1 Å². The van der Waals surface area contributed by atoms with E-state index in [2.05, 4.69) is 10.3 Å². The van der Waals surface area contributed by atoms with Gasteiger partial charge in [-0.3, -0.25) is 4.79 Å². The molecule has 170 valence electrons. The maximum absolute atomic E-state index is 13.4. The molecule has 2 aliphatic rings. The van der Waals surface area contributed by atoms with Gasteiger partial charge in [0.25, 0.3) is 5.91 Å². The molecule has 2 amide bonds. The Labute approximate surface area is 192 Å². The Morgan fingerprint density at radius 1 is 0.909 bits per heavy atom. The predicted octanol–water partition coefficient (Wildman–Crippen LogP) is 3.80. The SMILES string of the molecule is Cc1ccc(-n2nnc(C(=O)N3CCCN(C(=O)Oc4ccccc4)CC3)c2C2CC2)cc1. The van der Waals surface area contributed by atoms with E-state index >= 15 is 0 Å². The quantitative estimate of drug-likeness (QED) is 0.610. The number of para-hydroxylation sites is 1. The molecule has 1 aromatic heterocycles. The molecule has 2 aromatic carbocycles. The summed E-state index contributed by atoms with van der Waals surface area (Å²) in [6.45, 7) is 4.00. The van der Waals surface area contributed by atoms with Crippen molar-refractivity contribution in [2.45, 2.75) is 32.1 Å². The van der Waals surface area contributed by atoms with Crippen molar-refractivity contribution in [3.05, 3.63) is 71.5 Å². The molecule has 1 saturated heterocycles. The highest BCUT2D eigenvalue weighted by Crippen LogP contribution is 2.42. The van der Waals surface area contributed by atoms with Crippen molar-refractivity contribution >= 4 is 12.0 Å². The number of amides is 2. The van der Waals surface area contributed by atoms with Crippen LogP contribution in [0.5, 0.6) is 5.75 Å². The molecule has 0 N–H and O–H groups in total. The molecule has 0 atom stereocenters. The maximum atomic E-state index is 13.4. The first-order valence-corrected chi connectivity index (χ1v) is 11.4. The molecule has 1 aliphatic carbocycles. The van der Waals surface area contributed by atoms with Crippen LogP contribution in [0.1, 0.15) is 46.9 Å². The third-order valence-corrected chi connectivity index (χ3v) is 6.14. The highest BCUT2D eigenvalue weighted by Gasteiger charge is 2.36. The van der Waals surface area contributed by atoms with Crippen LogP contribution in [0.15, 0.2) is 54.6 Å². The van der Waals surface area contributed by atoms with Crippen LogP contribution in [0.4, 0.5) is 4.79 Å². The zero-order chi connectivity index (χ0) is 22.8. The number of ether oxygens (including phenoxy) is 1. The van der Waals surface area contributed by atoms with Crippen molar-refractivity contribution in [1.82, 2.24) is 24.8 Å². The van der Waals surface area contributed by atoms with Crippen LogP contribution in [0.25, 0.3) is 5.69 Å². The van der Waals surface area contributed by atoms with Crippen LogP contribution in [0.2, 0.25) is 0 Å². The van der Waals surface area contributed by atoms with Crippen molar-refractivity contribution in [2.24, 2.45) is 0 Å². The standard InChI is InChI=1S/C25H27N5O3/c1-18-8-12-20(13-9-18)30-23(19-10-11-19)22(26-27-30)24(31)28-14-5-15-29(17-16-28)25(32)33-21-6-3-2-4-7-21/h2-4,6-9,12-13,19H,5,10-11,14-17H2,1H3. The maximum Gasteiger partial charge on any atom is 0.415 e. The lowest BCUT2D eigenvalue weighted by molar-refractivity contribution is 0.0753. The summed E-state index contributed by atoms with van der Waals surface area (Å²) in [5.74, 6) is 0.708. The number of rotatable bonds is 4. The van der Waals surface area contributed by atoms with Crippen LogP contribution in [0, 0.1) is 6.92 Å². The Morgan fingerprint density at radius 2 is 1.61 bits per heavy atom. The summed E-state index contributed by atoms with van der Waals surface area (Å²) >= 11 is 0. The van der Waals surface area contributed by atoms with Crippen LogP contribution in [-0.4, -0.2) is 63.0 Å². The summed E-state index contributed by atoms with van der Waals surface area (Å²) < 4.78 is 7.28. The van der Waals surface area contributed by atoms with Gasteiger partial charge in [-0.25, -0.2) is 9.48 Å². The molecule has 3 aromatic rings. The second-order valence-corrected chi connectivity index (χ2v) is 8.66. The number of carbonyl (C=O) groups excluding carboxylic acids is 2. The lowest BCUT2D eigenvalue weighted by Gasteiger charge is -2.21. The monoisotopic (exact) mass is 445 g/mol. The van der Waals surface area contributed by atoms with Gasteiger partial charge in [0, 0.05) is 32.1 Å². The summed E-state index contributed by atoms with van der Waals surface area (Å²) in [6.07, 6.45) is 2.37. The van der Waals surface area contributed by atoms with E-state index in [-0.39, 0.29) is 12.0 Å². The lowest BCUT2D eigenvalue weighted by Crippen LogP contribution is -2.38. The van der Waals surface area contributed by atoms with E-state index in [4.69, 9.17) is 4.74 Å². The first-order valence-electron chi connectivity index (χ1n) is 11.4. The highest BCUT2D eigenvalue weighted by molar-refractivity contribution is 5.93. The summed E-state index contributed by atoms with van der Waals surface area (Å²) in [6, 6.07) is 17.1. The van der Waals surface area contributed by atoms with E-state index in [0.717, 1.165) is 24.2 Å². The first-order chi connectivity index (χ1) is 16.1. The number of carbonyl (C=O) groups is 2. The zero-order valence-corrected chi connectivity index (χ0v) is 18.7. The van der Waals surface area contributed by atoms with Crippen LogP contribution in [0.3, 0.4) is 0 Å². The molecular weight excluding hydrogens is 418 g/mol. The minimum absolute atomic E-state index is 0.117. The normalized spacial score (nSPS) is 16.4. The van der Waals surface area contributed by atoms with E-state index in [9.17, 15) is 9.59 Å². The van der Waals surface area contributed by atoms with Crippen molar-refractivity contribution in [2.75, 3.05) is 26.2 Å². The van der Waals surface area contributed by atoms with E-state index < -0.39 is 0 Å². The first kappa shape index (κ1) is 21.2. The van der Waals surface area contributed by atoms with Gasteiger partial charge in [0.2, 0.25) is 0 Å². The van der Waals surface area contributed by atoms with E-state index in [1.54, 1.807) is 21.9 Å². The topological polar surface area (TPSA) is 80.6 Å². The minimum Gasteiger partial charge on any atom is -0.410 e. The van der Waals surface area contributed by atoms with Gasteiger partial charge in [-0.2, -0.15) is 0 Å². The van der Waals surface area contributed by atoms with Gasteiger partial charge in [0.05, 0.1) is 11.4 Å². The second kappa shape index (κ2) is 9.05. The molecule has 2 fully saturated rings. The Hall–Kier alpha value is -3.68. The van der Waals surface area contributed by atoms with Gasteiger partial charge in [-0.15, -0.1) is 5.10 Å². The average molecular weight is 446 g/mol. The molecule has 2 heterocycles. The molecule has 5 rings (SSSR count). The largest absolute Gasteiger partial charge is 0.415 e. The smallest absolute Gasteiger partial charge is 0.410 e. The van der Waals surface area contributed by atoms with Crippen LogP contribution < -0.4 is 4.74 Å². The van der Waals surface area contributed by atoms with Gasteiger partial charge in [-0.05, 0) is 50.5 Å². The van der Waals surface area contributed by atoms with Crippen molar-refractivity contribution in [3.8, 4) is 11.4 Å². The van der Waals surface area contributed by atoms with Gasteiger partial charge >= 0.3 is 6.09 Å². The Balaban J connectivity index is 1.30. The zero-order valence-electron chi connectivity index (χ0n) is 18.7. The number of hydrogen-bond donors (Lipinski definition) is 0. The average Bonchev–Trinajstić information content (AvgIpc) is 3.62. The molecule has 0 bridgehead atoms. The molecule has 0 unspecified atom stereocenters. The van der Waals surface area contributed by atoms with E-state index in [1.807, 2.05) is 54.1 Å². The minimum atomic E-state index is -0.389. The molecule has 8 nitrogen and oxygen atoms in total. The van der Waals surface area contributed by atoms with Crippen LogP contribution in [-0.2, 0) is 0 Å². The third kappa shape index (κ3) is 4.60. The van der Waals surface area contributed by atoms with Gasteiger partial charge in [0.1, 0.15) is 5.75 Å². The number of aromatic nitrogens is 3. The van der Waals surface area contributed by atoms with Crippen LogP contribution >= 0.6 is 0 Å². The van der Waals surface area contributed by atoms with Crippen molar-refractivity contribution in [1.29, 1.82) is 0 Å². The fraction of sp³-hybridized carbons (Fsp3) is 0.360. The summed E-state index contributed by atoms with van der Waals surface area (Å²) in [5, 5.41) is 8.65. The van der Waals surface area contributed by atoms with Gasteiger partial charge < -0.3 is 14.5 Å². The molecule has 33 heavy (non-hydrogen) atoms. The fourth-order valence-electron chi connectivity index (χ4n) is 4.15. The molecule has 1 saturated carbocycles. The number of hydrogen-bond acceptors (Lipinski definition) is 5. The lowest BCUT2D eigenvalue weighted by atomic mass is 10.1. The number of aryl methyl sites for hydroxylation is 1. The fourth-order valence-corrected chi connectivity index (χ4v) is 4.15. The summed E-state index contributed by atoms with van der Waals surface area (Å²) in [7, 11) is 0. The molecule has 0 spiro atoms. The third-order valence-electron chi connectivity index (χ3n) is 6.14. The number of nitrogens with zero attached hydrogens (tertiary/aromatic N) is 5. The molecule has 8 heteroatoms. The van der Waals surface area contributed by atoms with E-state index in [1.165, 1.54) is 5.56 Å². The number of benzene rings is 2. The Bertz CT molecular complexity index is 1140. The van der Waals surface area contributed by atoms with Crippen molar-refractivity contribution < 1.29 is 14.3 Å².